The van der Waals surface area contributed by atoms with Gasteiger partial charge in [-0.25, -0.2) is 0 Å². The van der Waals surface area contributed by atoms with Crippen molar-refractivity contribution in [3.8, 4) is 0 Å². The van der Waals surface area contributed by atoms with E-state index in [0.717, 1.165) is 0 Å². The summed E-state index contributed by atoms with van der Waals surface area (Å²) in [4.78, 5) is 11.1. The van der Waals surface area contributed by atoms with E-state index in [4.69, 9.17) is 10.5 Å². The van der Waals surface area contributed by atoms with Gasteiger partial charge in [0, 0.05) is 12.6 Å². The Kier molecular flexibility index (Phi) is 5.05. The SMILES string of the molecule is CC(C)NC(CCOC1CCC1)C(N)=O. The minimum absolute atomic E-state index is 0.259. The van der Waals surface area contributed by atoms with E-state index in [2.05, 4.69) is 5.32 Å². The molecule has 4 heteroatoms. The van der Waals surface area contributed by atoms with Crippen molar-refractivity contribution < 1.29 is 9.53 Å². The van der Waals surface area contributed by atoms with Crippen molar-refractivity contribution >= 4 is 5.91 Å². The van der Waals surface area contributed by atoms with E-state index in [-0.39, 0.29) is 18.0 Å². The zero-order valence-corrected chi connectivity index (χ0v) is 9.66. The molecule has 0 spiro atoms. The van der Waals surface area contributed by atoms with Crippen LogP contribution in [0, 0.1) is 0 Å². The Bertz CT molecular complexity index is 203. The Hall–Kier alpha value is -0.610. The minimum atomic E-state index is -0.291. The maximum absolute atomic E-state index is 11.1. The number of hydrogen-bond acceptors (Lipinski definition) is 3. The summed E-state index contributed by atoms with van der Waals surface area (Å²) in [6.45, 7) is 4.63. The van der Waals surface area contributed by atoms with E-state index >= 15 is 0 Å². The first-order chi connectivity index (χ1) is 7.09. The molecule has 1 aliphatic rings. The number of carbonyl (C=O) groups is 1. The Labute approximate surface area is 91.5 Å². The summed E-state index contributed by atoms with van der Waals surface area (Å²) < 4.78 is 5.59. The number of amides is 1. The molecule has 88 valence electrons. The first-order valence-electron chi connectivity index (χ1n) is 5.76. The van der Waals surface area contributed by atoms with E-state index in [9.17, 15) is 4.79 Å². The molecule has 0 saturated heterocycles. The number of primary amides is 1. The van der Waals surface area contributed by atoms with Crippen LogP contribution >= 0.6 is 0 Å². The minimum Gasteiger partial charge on any atom is -0.378 e. The smallest absolute Gasteiger partial charge is 0.234 e. The lowest BCUT2D eigenvalue weighted by Gasteiger charge is -2.26. The van der Waals surface area contributed by atoms with E-state index in [1.807, 2.05) is 13.8 Å². The summed E-state index contributed by atoms with van der Waals surface area (Å²) >= 11 is 0. The van der Waals surface area contributed by atoms with Crippen molar-refractivity contribution in [1.29, 1.82) is 0 Å². The molecule has 0 heterocycles. The van der Waals surface area contributed by atoms with Crippen molar-refractivity contribution in [1.82, 2.24) is 5.32 Å². The van der Waals surface area contributed by atoms with Gasteiger partial charge in [0.2, 0.25) is 5.91 Å². The first kappa shape index (κ1) is 12.5. The van der Waals surface area contributed by atoms with Crippen LogP contribution in [0.3, 0.4) is 0 Å². The highest BCUT2D eigenvalue weighted by molar-refractivity contribution is 5.79. The quantitative estimate of drug-likeness (QED) is 0.659. The van der Waals surface area contributed by atoms with Crippen molar-refractivity contribution in [2.24, 2.45) is 5.73 Å². The van der Waals surface area contributed by atoms with Crippen LogP contribution in [0.4, 0.5) is 0 Å². The van der Waals surface area contributed by atoms with Crippen LogP contribution in [0.15, 0.2) is 0 Å². The second-order valence-corrected chi connectivity index (χ2v) is 4.49. The average molecular weight is 214 g/mol. The van der Waals surface area contributed by atoms with Gasteiger partial charge in [0.05, 0.1) is 12.1 Å². The van der Waals surface area contributed by atoms with Crippen LogP contribution in [-0.4, -0.2) is 30.7 Å². The second-order valence-electron chi connectivity index (χ2n) is 4.49. The van der Waals surface area contributed by atoms with Crippen LogP contribution in [0.2, 0.25) is 0 Å². The third-order valence-corrected chi connectivity index (χ3v) is 2.69. The van der Waals surface area contributed by atoms with Crippen LogP contribution in [0.1, 0.15) is 39.5 Å². The molecule has 1 aliphatic carbocycles. The zero-order valence-electron chi connectivity index (χ0n) is 9.66. The summed E-state index contributed by atoms with van der Waals surface area (Å²) in [5.41, 5.74) is 5.29. The van der Waals surface area contributed by atoms with Gasteiger partial charge in [-0.2, -0.15) is 0 Å². The number of rotatable bonds is 7. The Morgan fingerprint density at radius 3 is 2.60 bits per heavy atom. The first-order valence-corrected chi connectivity index (χ1v) is 5.76. The van der Waals surface area contributed by atoms with Gasteiger partial charge in [-0.05, 0) is 25.7 Å². The van der Waals surface area contributed by atoms with Crippen LogP contribution < -0.4 is 11.1 Å². The van der Waals surface area contributed by atoms with Gasteiger partial charge < -0.3 is 15.8 Å². The fraction of sp³-hybridized carbons (Fsp3) is 0.909. The van der Waals surface area contributed by atoms with Gasteiger partial charge in [0.15, 0.2) is 0 Å². The fourth-order valence-corrected chi connectivity index (χ4v) is 1.60. The molecule has 15 heavy (non-hydrogen) atoms. The number of ether oxygens (including phenoxy) is 1. The molecule has 1 fully saturated rings. The lowest BCUT2D eigenvalue weighted by Crippen LogP contribution is -2.45. The molecule has 4 nitrogen and oxygen atoms in total. The third kappa shape index (κ3) is 4.62. The van der Waals surface area contributed by atoms with Gasteiger partial charge >= 0.3 is 0 Å². The van der Waals surface area contributed by atoms with Crippen molar-refractivity contribution in [3.05, 3.63) is 0 Å². The Morgan fingerprint density at radius 2 is 2.20 bits per heavy atom. The van der Waals surface area contributed by atoms with Crippen LogP contribution in [0.5, 0.6) is 0 Å². The predicted octanol–water partition coefficient (Wildman–Crippen LogP) is 0.797. The molecule has 1 unspecified atom stereocenters. The van der Waals surface area contributed by atoms with E-state index in [1.165, 1.54) is 19.3 Å². The van der Waals surface area contributed by atoms with Crippen molar-refractivity contribution in [2.45, 2.75) is 57.7 Å². The van der Waals surface area contributed by atoms with Gasteiger partial charge in [-0.1, -0.05) is 13.8 Å². The van der Waals surface area contributed by atoms with Crippen LogP contribution in [0.25, 0.3) is 0 Å². The molecule has 0 bridgehead atoms. The highest BCUT2D eigenvalue weighted by Crippen LogP contribution is 2.21. The standard InChI is InChI=1S/C11H22N2O2/c1-8(2)13-10(11(12)14)6-7-15-9-4-3-5-9/h8-10,13H,3-7H2,1-2H3,(H2,12,14). The van der Waals surface area contributed by atoms with Gasteiger partial charge in [0.25, 0.3) is 0 Å². The second kappa shape index (κ2) is 6.08. The molecule has 1 atom stereocenters. The predicted molar refractivity (Wildman–Crippen MR) is 59.5 cm³/mol. The van der Waals surface area contributed by atoms with E-state index < -0.39 is 0 Å². The molecular weight excluding hydrogens is 192 g/mol. The van der Waals surface area contributed by atoms with E-state index in [1.54, 1.807) is 0 Å². The molecule has 0 radical (unpaired) electrons. The molecule has 1 amide bonds. The summed E-state index contributed by atoms with van der Waals surface area (Å²) in [5.74, 6) is -0.291. The Balaban J connectivity index is 2.15. The zero-order chi connectivity index (χ0) is 11.3. The molecule has 3 N–H and O–H groups in total. The highest BCUT2D eigenvalue weighted by Gasteiger charge is 2.20. The van der Waals surface area contributed by atoms with E-state index in [0.29, 0.717) is 19.1 Å². The third-order valence-electron chi connectivity index (χ3n) is 2.69. The summed E-state index contributed by atoms with van der Waals surface area (Å²) in [7, 11) is 0. The Morgan fingerprint density at radius 1 is 1.53 bits per heavy atom. The molecule has 0 aromatic carbocycles. The maximum Gasteiger partial charge on any atom is 0.234 e. The number of hydrogen-bond donors (Lipinski definition) is 2. The molecule has 0 aliphatic heterocycles. The lowest BCUT2D eigenvalue weighted by molar-refractivity contribution is -0.121. The fourth-order valence-electron chi connectivity index (χ4n) is 1.60. The molecular formula is C11H22N2O2. The van der Waals surface area contributed by atoms with Crippen LogP contribution in [-0.2, 0) is 9.53 Å². The average Bonchev–Trinajstić information content (AvgIpc) is 2.06. The number of nitrogens with two attached hydrogens (primary N) is 1. The molecule has 0 aromatic rings. The van der Waals surface area contributed by atoms with Gasteiger partial charge in [0.1, 0.15) is 0 Å². The maximum atomic E-state index is 11.1. The van der Waals surface area contributed by atoms with Gasteiger partial charge in [-0.15, -0.1) is 0 Å². The number of carbonyl (C=O) groups excluding carboxylic acids is 1. The summed E-state index contributed by atoms with van der Waals surface area (Å²) in [5, 5.41) is 3.13. The number of nitrogens with one attached hydrogen (secondary N) is 1. The monoisotopic (exact) mass is 214 g/mol. The lowest BCUT2D eigenvalue weighted by atomic mass is 9.96. The van der Waals surface area contributed by atoms with Crippen molar-refractivity contribution in [2.75, 3.05) is 6.61 Å². The normalized spacial score (nSPS) is 18.9. The molecule has 1 saturated carbocycles. The van der Waals surface area contributed by atoms with Gasteiger partial charge in [-0.3, -0.25) is 4.79 Å². The molecule has 0 aromatic heterocycles. The highest BCUT2D eigenvalue weighted by atomic mass is 16.5. The topological polar surface area (TPSA) is 64.3 Å². The summed E-state index contributed by atoms with van der Waals surface area (Å²) in [6, 6.07) is 0.0104. The molecule has 1 rings (SSSR count). The summed E-state index contributed by atoms with van der Waals surface area (Å²) in [6.07, 6.45) is 4.70. The largest absolute Gasteiger partial charge is 0.378 e. The van der Waals surface area contributed by atoms with Crippen molar-refractivity contribution in [3.63, 3.8) is 0 Å².